The Kier molecular flexibility index (Phi) is 3.60. The zero-order valence-electron chi connectivity index (χ0n) is 10.6. The van der Waals surface area contributed by atoms with Gasteiger partial charge in [-0.1, -0.05) is 60.7 Å². The molecule has 0 aliphatic carbocycles. The average molecular weight is 280 g/mol. The number of nitrogens with zero attached hydrogens (tertiary/aromatic N) is 4. The molecule has 3 rings (SSSR count). The molecule has 0 aliphatic rings. The lowest BCUT2D eigenvalue weighted by Gasteiger charge is -2.01. The van der Waals surface area contributed by atoms with Crippen molar-refractivity contribution in [3.8, 4) is 11.4 Å². The van der Waals surface area contributed by atoms with E-state index in [0.29, 0.717) is 11.0 Å². The Labute approximate surface area is 122 Å². The first-order valence-corrected chi connectivity index (χ1v) is 6.58. The van der Waals surface area contributed by atoms with Crippen molar-refractivity contribution in [1.29, 1.82) is 0 Å². The van der Waals surface area contributed by atoms with E-state index in [4.69, 9.17) is 0 Å². The van der Waals surface area contributed by atoms with E-state index in [0.717, 1.165) is 11.1 Å². The molecule has 0 radical (unpaired) electrons. The van der Waals surface area contributed by atoms with Crippen LogP contribution in [-0.4, -0.2) is 21.1 Å². The molecule has 0 N–H and O–H groups in total. The summed E-state index contributed by atoms with van der Waals surface area (Å²) in [5.41, 5.74) is 1.96. The van der Waals surface area contributed by atoms with Gasteiger partial charge in [-0.05, 0) is 5.56 Å². The zero-order chi connectivity index (χ0) is 13.8. The molecule has 0 unspecified atom stereocenters. The fraction of sp³-hybridized carbons (Fsp3) is 0. The highest BCUT2D eigenvalue weighted by Gasteiger charge is 2.09. The first-order chi connectivity index (χ1) is 9.84. The van der Waals surface area contributed by atoms with Crippen molar-refractivity contribution in [2.24, 2.45) is 5.10 Å². The maximum absolute atomic E-state index is 4.40. The number of thiol groups is 1. The molecule has 0 fully saturated rings. The van der Waals surface area contributed by atoms with Gasteiger partial charge in [0.1, 0.15) is 0 Å². The van der Waals surface area contributed by atoms with Crippen molar-refractivity contribution < 1.29 is 0 Å². The van der Waals surface area contributed by atoms with Gasteiger partial charge in [-0.2, -0.15) is 9.78 Å². The van der Waals surface area contributed by atoms with Crippen LogP contribution < -0.4 is 0 Å². The van der Waals surface area contributed by atoms with Crippen LogP contribution in [0.4, 0.5) is 0 Å². The minimum Gasteiger partial charge on any atom is -0.187 e. The minimum absolute atomic E-state index is 0.455. The van der Waals surface area contributed by atoms with E-state index in [1.54, 1.807) is 10.9 Å². The van der Waals surface area contributed by atoms with Gasteiger partial charge in [0.2, 0.25) is 5.16 Å². The van der Waals surface area contributed by atoms with Gasteiger partial charge < -0.3 is 0 Å². The first kappa shape index (κ1) is 12.6. The van der Waals surface area contributed by atoms with Crippen LogP contribution in [0.2, 0.25) is 0 Å². The predicted molar refractivity (Wildman–Crippen MR) is 82.1 cm³/mol. The molecule has 0 spiro atoms. The van der Waals surface area contributed by atoms with Gasteiger partial charge >= 0.3 is 0 Å². The van der Waals surface area contributed by atoms with Crippen LogP contribution in [-0.2, 0) is 0 Å². The summed E-state index contributed by atoms with van der Waals surface area (Å²) in [6.07, 6.45) is 1.76. The van der Waals surface area contributed by atoms with Gasteiger partial charge in [-0.25, -0.2) is 0 Å². The molecule has 1 aromatic heterocycles. The summed E-state index contributed by atoms with van der Waals surface area (Å²) in [5.74, 6) is 0.669. The largest absolute Gasteiger partial charge is 0.209 e. The Morgan fingerprint density at radius 2 is 1.55 bits per heavy atom. The Hall–Kier alpha value is -2.40. The molecule has 5 heteroatoms. The van der Waals surface area contributed by atoms with E-state index in [1.807, 2.05) is 60.7 Å². The van der Waals surface area contributed by atoms with Crippen LogP contribution in [0.25, 0.3) is 11.4 Å². The monoisotopic (exact) mass is 280 g/mol. The van der Waals surface area contributed by atoms with Gasteiger partial charge in [0.25, 0.3) is 0 Å². The quantitative estimate of drug-likeness (QED) is 0.591. The molecular weight excluding hydrogens is 268 g/mol. The number of rotatable bonds is 3. The smallest absolute Gasteiger partial charge is 0.187 e. The molecule has 0 saturated carbocycles. The Morgan fingerprint density at radius 1 is 0.900 bits per heavy atom. The molecule has 4 nitrogen and oxygen atoms in total. The lowest BCUT2D eigenvalue weighted by molar-refractivity contribution is 0.776. The van der Waals surface area contributed by atoms with Crippen LogP contribution in [0.5, 0.6) is 0 Å². The Morgan fingerprint density at radius 3 is 2.25 bits per heavy atom. The van der Waals surface area contributed by atoms with E-state index < -0.39 is 0 Å². The van der Waals surface area contributed by atoms with Gasteiger partial charge in [-0.3, -0.25) is 0 Å². The lowest BCUT2D eigenvalue weighted by Crippen LogP contribution is -1.95. The lowest BCUT2D eigenvalue weighted by atomic mass is 10.2. The maximum atomic E-state index is 4.40. The van der Waals surface area contributed by atoms with Crippen molar-refractivity contribution in [3.63, 3.8) is 0 Å². The van der Waals surface area contributed by atoms with E-state index in [9.17, 15) is 0 Å². The topological polar surface area (TPSA) is 43.1 Å². The minimum atomic E-state index is 0.455. The highest BCUT2D eigenvalue weighted by molar-refractivity contribution is 7.80. The van der Waals surface area contributed by atoms with Crippen molar-refractivity contribution in [2.45, 2.75) is 5.16 Å². The molecule has 0 amide bonds. The van der Waals surface area contributed by atoms with Gasteiger partial charge in [0.05, 0.1) is 6.21 Å². The zero-order valence-corrected chi connectivity index (χ0v) is 11.5. The Bertz CT molecular complexity index is 720. The van der Waals surface area contributed by atoms with Crippen LogP contribution in [0.3, 0.4) is 0 Å². The number of aromatic nitrogens is 3. The Balaban J connectivity index is 1.98. The van der Waals surface area contributed by atoms with Crippen molar-refractivity contribution in [2.75, 3.05) is 0 Å². The summed E-state index contributed by atoms with van der Waals surface area (Å²) in [5, 5.41) is 12.9. The second-order valence-electron chi connectivity index (χ2n) is 4.16. The second-order valence-corrected chi connectivity index (χ2v) is 4.56. The third-order valence-electron chi connectivity index (χ3n) is 2.78. The van der Waals surface area contributed by atoms with Gasteiger partial charge in [-0.15, -0.1) is 22.8 Å². The summed E-state index contributed by atoms with van der Waals surface area (Å²) in [6, 6.07) is 19.6. The summed E-state index contributed by atoms with van der Waals surface area (Å²) < 4.78 is 1.62. The van der Waals surface area contributed by atoms with Crippen molar-refractivity contribution in [1.82, 2.24) is 14.9 Å². The SMILES string of the molecule is Sc1nnc(-c2ccccc2)n1/N=C/c1ccccc1. The van der Waals surface area contributed by atoms with Crippen LogP contribution in [0.1, 0.15) is 5.56 Å². The highest BCUT2D eigenvalue weighted by atomic mass is 32.1. The molecule has 0 saturated heterocycles. The molecule has 0 bridgehead atoms. The van der Waals surface area contributed by atoms with Gasteiger partial charge in [0, 0.05) is 5.56 Å². The fourth-order valence-electron chi connectivity index (χ4n) is 1.81. The maximum Gasteiger partial charge on any atom is 0.209 e. The molecule has 0 atom stereocenters. The molecule has 2 aromatic carbocycles. The molecule has 98 valence electrons. The van der Waals surface area contributed by atoms with E-state index >= 15 is 0 Å². The summed E-state index contributed by atoms with van der Waals surface area (Å²) >= 11 is 4.29. The molecular formula is C15H12N4S. The second kappa shape index (κ2) is 5.71. The summed E-state index contributed by atoms with van der Waals surface area (Å²) in [6.45, 7) is 0. The van der Waals surface area contributed by atoms with Crippen molar-refractivity contribution >= 4 is 18.8 Å². The predicted octanol–water partition coefficient (Wildman–Crippen LogP) is 3.12. The average Bonchev–Trinajstić information content (AvgIpc) is 2.88. The first-order valence-electron chi connectivity index (χ1n) is 6.14. The highest BCUT2D eigenvalue weighted by Crippen LogP contribution is 2.19. The molecule has 0 aliphatic heterocycles. The molecule has 1 heterocycles. The van der Waals surface area contributed by atoms with E-state index in [2.05, 4.69) is 27.9 Å². The van der Waals surface area contributed by atoms with Crippen LogP contribution in [0.15, 0.2) is 70.9 Å². The molecule has 20 heavy (non-hydrogen) atoms. The third-order valence-corrected chi connectivity index (χ3v) is 3.06. The normalized spacial score (nSPS) is 11.1. The number of hydrogen-bond donors (Lipinski definition) is 1. The van der Waals surface area contributed by atoms with Gasteiger partial charge in [0.15, 0.2) is 5.82 Å². The fourth-order valence-corrected chi connectivity index (χ4v) is 2.00. The van der Waals surface area contributed by atoms with E-state index in [1.165, 1.54) is 0 Å². The standard InChI is InChI=1S/C15H12N4S/c20-15-18-17-14(13-9-5-2-6-10-13)19(15)16-11-12-7-3-1-4-8-12/h1-11H,(H,18,20)/b16-11+. The number of benzene rings is 2. The van der Waals surface area contributed by atoms with Crippen molar-refractivity contribution in [3.05, 3.63) is 66.2 Å². The summed E-state index contributed by atoms with van der Waals surface area (Å²) in [4.78, 5) is 0. The summed E-state index contributed by atoms with van der Waals surface area (Å²) in [7, 11) is 0. The van der Waals surface area contributed by atoms with Crippen LogP contribution >= 0.6 is 12.6 Å². The van der Waals surface area contributed by atoms with Crippen LogP contribution in [0, 0.1) is 0 Å². The molecule has 3 aromatic rings. The van der Waals surface area contributed by atoms with E-state index in [-0.39, 0.29) is 0 Å². The number of hydrogen-bond acceptors (Lipinski definition) is 4. The third kappa shape index (κ3) is 2.62.